The number of amides is 1. The fourth-order valence-corrected chi connectivity index (χ4v) is 1.91. The number of hydrogen-bond acceptors (Lipinski definition) is 3. The molecule has 4 nitrogen and oxygen atoms in total. The van der Waals surface area contributed by atoms with Crippen molar-refractivity contribution in [1.29, 1.82) is 0 Å². The zero-order valence-corrected chi connectivity index (χ0v) is 11.9. The first kappa shape index (κ1) is 14.8. The first-order chi connectivity index (χ1) is 10.1. The summed E-state index contributed by atoms with van der Waals surface area (Å²) in [6.45, 7) is 0.255. The van der Waals surface area contributed by atoms with E-state index in [1.165, 1.54) is 26.4 Å². The lowest BCUT2D eigenvalue weighted by molar-refractivity contribution is 0.0950. The van der Waals surface area contributed by atoms with Crippen molar-refractivity contribution in [2.75, 3.05) is 14.2 Å². The summed E-state index contributed by atoms with van der Waals surface area (Å²) >= 11 is 0. The highest BCUT2D eigenvalue weighted by Crippen LogP contribution is 2.27. The van der Waals surface area contributed by atoms with Crippen molar-refractivity contribution in [2.45, 2.75) is 6.54 Å². The average molecular weight is 289 g/mol. The van der Waals surface area contributed by atoms with Gasteiger partial charge < -0.3 is 14.8 Å². The topological polar surface area (TPSA) is 47.6 Å². The summed E-state index contributed by atoms with van der Waals surface area (Å²) in [5.74, 6) is 0.447. The van der Waals surface area contributed by atoms with Crippen molar-refractivity contribution in [3.05, 3.63) is 59.4 Å². The van der Waals surface area contributed by atoms with Crippen molar-refractivity contribution >= 4 is 5.91 Å². The Hall–Kier alpha value is -2.56. The molecule has 0 saturated heterocycles. The fraction of sp³-hybridized carbons (Fsp3) is 0.188. The van der Waals surface area contributed by atoms with E-state index in [0.717, 1.165) is 0 Å². The van der Waals surface area contributed by atoms with E-state index in [9.17, 15) is 9.18 Å². The van der Waals surface area contributed by atoms with E-state index < -0.39 is 0 Å². The summed E-state index contributed by atoms with van der Waals surface area (Å²) in [7, 11) is 3.04. The second kappa shape index (κ2) is 6.74. The Kier molecular flexibility index (Phi) is 4.77. The predicted molar refractivity (Wildman–Crippen MR) is 77.1 cm³/mol. The van der Waals surface area contributed by atoms with Crippen LogP contribution in [-0.2, 0) is 6.54 Å². The molecule has 0 aromatic heterocycles. The van der Waals surface area contributed by atoms with Crippen LogP contribution < -0.4 is 14.8 Å². The first-order valence-electron chi connectivity index (χ1n) is 6.38. The molecule has 0 aliphatic heterocycles. The molecule has 110 valence electrons. The smallest absolute Gasteiger partial charge is 0.251 e. The van der Waals surface area contributed by atoms with Gasteiger partial charge in [0.2, 0.25) is 0 Å². The standard InChI is InChI=1S/C16H16FNO3/c1-20-14-7-6-12(9-15(14)21-2)16(19)18-10-11-4-3-5-13(17)8-11/h3-9H,10H2,1-2H3,(H,18,19). The van der Waals surface area contributed by atoms with E-state index in [1.54, 1.807) is 30.3 Å². The lowest BCUT2D eigenvalue weighted by atomic mass is 10.1. The third-order valence-corrected chi connectivity index (χ3v) is 2.99. The van der Waals surface area contributed by atoms with E-state index in [1.807, 2.05) is 0 Å². The fourth-order valence-electron chi connectivity index (χ4n) is 1.91. The summed E-state index contributed by atoms with van der Waals surface area (Å²) in [5.41, 5.74) is 1.15. The van der Waals surface area contributed by atoms with E-state index in [2.05, 4.69) is 5.32 Å². The van der Waals surface area contributed by atoms with Gasteiger partial charge in [-0.25, -0.2) is 4.39 Å². The zero-order chi connectivity index (χ0) is 15.2. The number of carbonyl (C=O) groups excluding carboxylic acids is 1. The van der Waals surface area contributed by atoms with Gasteiger partial charge in [0.25, 0.3) is 5.91 Å². The second-order valence-electron chi connectivity index (χ2n) is 4.38. The molecule has 0 unspecified atom stereocenters. The van der Waals surface area contributed by atoms with Gasteiger partial charge in [-0.15, -0.1) is 0 Å². The molecule has 0 atom stereocenters. The summed E-state index contributed by atoms with van der Waals surface area (Å²) in [5, 5.41) is 2.73. The summed E-state index contributed by atoms with van der Waals surface area (Å²) in [6, 6.07) is 11.0. The number of nitrogens with one attached hydrogen (secondary N) is 1. The molecule has 2 aromatic rings. The van der Waals surface area contributed by atoms with E-state index in [-0.39, 0.29) is 18.3 Å². The highest BCUT2D eigenvalue weighted by Gasteiger charge is 2.10. The average Bonchev–Trinajstić information content (AvgIpc) is 2.52. The number of rotatable bonds is 5. The monoisotopic (exact) mass is 289 g/mol. The van der Waals surface area contributed by atoms with Crippen LogP contribution in [0.2, 0.25) is 0 Å². The number of halogens is 1. The van der Waals surface area contributed by atoms with Gasteiger partial charge in [-0.2, -0.15) is 0 Å². The molecular formula is C16H16FNO3. The van der Waals surface area contributed by atoms with Gasteiger partial charge >= 0.3 is 0 Å². The van der Waals surface area contributed by atoms with Crippen LogP contribution in [0.15, 0.2) is 42.5 Å². The van der Waals surface area contributed by atoms with Crippen LogP contribution in [0.25, 0.3) is 0 Å². The minimum atomic E-state index is -0.326. The van der Waals surface area contributed by atoms with Crippen molar-refractivity contribution in [3.8, 4) is 11.5 Å². The van der Waals surface area contributed by atoms with E-state index in [0.29, 0.717) is 22.6 Å². The minimum absolute atomic E-state index is 0.255. The Morgan fingerprint density at radius 2 is 1.86 bits per heavy atom. The molecule has 0 aliphatic carbocycles. The maximum absolute atomic E-state index is 13.1. The Morgan fingerprint density at radius 3 is 2.52 bits per heavy atom. The highest BCUT2D eigenvalue weighted by atomic mass is 19.1. The molecule has 1 N–H and O–H groups in total. The van der Waals surface area contributed by atoms with Gasteiger partial charge in [-0.1, -0.05) is 12.1 Å². The van der Waals surface area contributed by atoms with Gasteiger partial charge in [0.05, 0.1) is 14.2 Å². The molecular weight excluding hydrogens is 273 g/mol. The van der Waals surface area contributed by atoms with Crippen LogP contribution in [0, 0.1) is 5.82 Å². The Bertz CT molecular complexity index is 643. The van der Waals surface area contributed by atoms with Gasteiger partial charge in [-0.05, 0) is 35.9 Å². The minimum Gasteiger partial charge on any atom is -0.493 e. The number of methoxy groups -OCH3 is 2. The van der Waals surface area contributed by atoms with Crippen LogP contribution >= 0.6 is 0 Å². The molecule has 2 rings (SSSR count). The van der Waals surface area contributed by atoms with Crippen molar-refractivity contribution < 1.29 is 18.7 Å². The van der Waals surface area contributed by atoms with Crippen LogP contribution in [0.5, 0.6) is 11.5 Å². The number of benzene rings is 2. The molecule has 0 saturated carbocycles. The van der Waals surface area contributed by atoms with Crippen LogP contribution in [0.3, 0.4) is 0 Å². The predicted octanol–water partition coefficient (Wildman–Crippen LogP) is 2.77. The Balaban J connectivity index is 2.06. The molecule has 0 spiro atoms. The lowest BCUT2D eigenvalue weighted by Gasteiger charge is -2.10. The molecule has 0 heterocycles. The zero-order valence-electron chi connectivity index (χ0n) is 11.9. The van der Waals surface area contributed by atoms with Crippen molar-refractivity contribution in [2.24, 2.45) is 0 Å². The molecule has 21 heavy (non-hydrogen) atoms. The molecule has 0 aliphatic rings. The van der Waals surface area contributed by atoms with Crippen LogP contribution in [0.1, 0.15) is 15.9 Å². The van der Waals surface area contributed by atoms with Gasteiger partial charge in [0, 0.05) is 12.1 Å². The molecule has 0 fully saturated rings. The number of carbonyl (C=O) groups is 1. The SMILES string of the molecule is COc1ccc(C(=O)NCc2cccc(F)c2)cc1OC. The quantitative estimate of drug-likeness (QED) is 0.920. The Labute approximate surface area is 122 Å². The molecule has 0 bridgehead atoms. The third kappa shape index (κ3) is 3.72. The highest BCUT2D eigenvalue weighted by molar-refractivity contribution is 5.94. The van der Waals surface area contributed by atoms with Crippen LogP contribution in [-0.4, -0.2) is 20.1 Å². The molecule has 2 aromatic carbocycles. The lowest BCUT2D eigenvalue weighted by Crippen LogP contribution is -2.22. The van der Waals surface area contributed by atoms with Gasteiger partial charge in [0.15, 0.2) is 11.5 Å². The van der Waals surface area contributed by atoms with Gasteiger partial charge in [0.1, 0.15) is 5.82 Å². The molecule has 0 radical (unpaired) electrons. The maximum atomic E-state index is 13.1. The number of hydrogen-bond donors (Lipinski definition) is 1. The van der Waals surface area contributed by atoms with Gasteiger partial charge in [-0.3, -0.25) is 4.79 Å². The van der Waals surface area contributed by atoms with Crippen LogP contribution in [0.4, 0.5) is 4.39 Å². The second-order valence-corrected chi connectivity index (χ2v) is 4.38. The molecule has 5 heteroatoms. The maximum Gasteiger partial charge on any atom is 0.251 e. The summed E-state index contributed by atoms with van der Waals surface area (Å²) < 4.78 is 23.3. The Morgan fingerprint density at radius 1 is 1.10 bits per heavy atom. The largest absolute Gasteiger partial charge is 0.493 e. The first-order valence-corrected chi connectivity index (χ1v) is 6.38. The van der Waals surface area contributed by atoms with Crippen molar-refractivity contribution in [3.63, 3.8) is 0 Å². The van der Waals surface area contributed by atoms with E-state index in [4.69, 9.17) is 9.47 Å². The molecule has 1 amide bonds. The third-order valence-electron chi connectivity index (χ3n) is 2.99. The van der Waals surface area contributed by atoms with E-state index >= 15 is 0 Å². The number of ether oxygens (including phenoxy) is 2. The normalized spacial score (nSPS) is 10.0. The summed E-state index contributed by atoms with van der Waals surface area (Å²) in [4.78, 5) is 12.1. The van der Waals surface area contributed by atoms with Crippen molar-refractivity contribution in [1.82, 2.24) is 5.32 Å². The summed E-state index contributed by atoms with van der Waals surface area (Å²) in [6.07, 6.45) is 0.